The number of piperidine rings is 1. The minimum atomic E-state index is -1.37. The number of nitrogens with one attached hydrogen (secondary N) is 5. The van der Waals surface area contributed by atoms with Gasteiger partial charge in [0.25, 0.3) is 5.91 Å². The van der Waals surface area contributed by atoms with Gasteiger partial charge in [-0.3, -0.25) is 24.1 Å². The van der Waals surface area contributed by atoms with E-state index in [2.05, 4.69) is 43.3 Å². The van der Waals surface area contributed by atoms with Gasteiger partial charge in [0, 0.05) is 50.6 Å². The number of carbonyl (C=O) groups is 4. The van der Waals surface area contributed by atoms with Crippen LogP contribution in [0.2, 0.25) is 0 Å². The molecule has 3 aliphatic rings. The number of hydrogen-bond acceptors (Lipinski definition) is 8. The zero-order chi connectivity index (χ0) is 35.8. The van der Waals surface area contributed by atoms with Crippen molar-refractivity contribution < 1.29 is 33.8 Å². The predicted molar refractivity (Wildman–Crippen MR) is 190 cm³/mol. The van der Waals surface area contributed by atoms with E-state index in [1.807, 2.05) is 48.7 Å². The quantitative estimate of drug-likeness (QED) is 0.171. The Labute approximate surface area is 296 Å². The van der Waals surface area contributed by atoms with Crippen LogP contribution >= 0.6 is 0 Å². The number of amides is 4. The number of hydrogen-bond donors (Lipinski definition) is 6. The maximum Gasteiger partial charge on any atom is 0.264 e. The average molecular weight is 697 g/mol. The molecule has 0 aliphatic carbocycles. The van der Waals surface area contributed by atoms with Gasteiger partial charge in [0.05, 0.1) is 13.2 Å². The fourth-order valence-corrected chi connectivity index (χ4v) is 6.49. The van der Waals surface area contributed by atoms with E-state index in [9.17, 15) is 24.3 Å². The van der Waals surface area contributed by atoms with E-state index in [1.54, 1.807) is 24.3 Å². The van der Waals surface area contributed by atoms with Crippen molar-refractivity contribution >= 4 is 34.5 Å². The largest absolute Gasteiger partial charge is 0.492 e. The van der Waals surface area contributed by atoms with Crippen LogP contribution in [0.1, 0.15) is 30.9 Å². The Hall–Kier alpha value is -5.40. The molecule has 51 heavy (non-hydrogen) atoms. The van der Waals surface area contributed by atoms with Crippen molar-refractivity contribution in [3.05, 3.63) is 96.2 Å². The van der Waals surface area contributed by atoms with Crippen LogP contribution in [-0.2, 0) is 32.1 Å². The maximum absolute atomic E-state index is 14.5. The summed E-state index contributed by atoms with van der Waals surface area (Å²) in [6, 6.07) is 20.9. The molecule has 1 saturated heterocycles. The van der Waals surface area contributed by atoms with Gasteiger partial charge in [-0.15, -0.1) is 0 Å². The molecule has 3 atom stereocenters. The average Bonchev–Trinajstić information content (AvgIpc) is 3.63. The van der Waals surface area contributed by atoms with Gasteiger partial charge in [-0.1, -0.05) is 48.5 Å². The van der Waals surface area contributed by atoms with Crippen LogP contribution in [0.25, 0.3) is 10.9 Å². The molecule has 1 fully saturated rings. The highest BCUT2D eigenvalue weighted by Gasteiger charge is 2.45. The number of H-pyrrole nitrogens is 1. The number of para-hydroxylation sites is 1. The second-order valence-corrected chi connectivity index (χ2v) is 13.0. The molecule has 2 bridgehead atoms. The number of nitrogens with zero attached hydrogens (tertiary/aromatic N) is 1. The van der Waals surface area contributed by atoms with Crippen LogP contribution in [0.15, 0.2) is 85.1 Å². The summed E-state index contributed by atoms with van der Waals surface area (Å²) >= 11 is 0. The van der Waals surface area contributed by atoms with E-state index in [1.165, 1.54) is 6.92 Å². The van der Waals surface area contributed by atoms with Gasteiger partial charge in [-0.2, -0.15) is 0 Å². The smallest absolute Gasteiger partial charge is 0.264 e. The predicted octanol–water partition coefficient (Wildman–Crippen LogP) is 1.80. The van der Waals surface area contributed by atoms with Crippen molar-refractivity contribution in [3.63, 3.8) is 0 Å². The molecule has 3 aliphatic heterocycles. The molecular formula is C38H44N6O7. The molecule has 4 aromatic rings. The Kier molecular flexibility index (Phi) is 11.2. The van der Waals surface area contributed by atoms with Crippen LogP contribution in [-0.4, -0.2) is 95.2 Å². The lowest BCUT2D eigenvalue weighted by Gasteiger charge is -2.41. The third kappa shape index (κ3) is 8.67. The molecule has 0 unspecified atom stereocenters. The fraction of sp³-hybridized carbons (Fsp3) is 0.368. The zero-order valence-electron chi connectivity index (χ0n) is 28.5. The van der Waals surface area contributed by atoms with Gasteiger partial charge in [-0.05, 0) is 53.8 Å². The molecule has 3 aromatic carbocycles. The summed E-state index contributed by atoms with van der Waals surface area (Å²) in [6.07, 6.45) is 2.73. The number of aliphatic hydroxyl groups is 1. The van der Waals surface area contributed by atoms with Crippen molar-refractivity contribution in [1.82, 2.24) is 31.2 Å². The second kappa shape index (κ2) is 16.1. The van der Waals surface area contributed by atoms with Crippen LogP contribution < -0.4 is 30.7 Å². The van der Waals surface area contributed by atoms with Crippen LogP contribution in [0.4, 0.5) is 0 Å². The lowest BCUT2D eigenvalue weighted by Crippen LogP contribution is -2.62. The standard InChI is InChI=1S/C38H44N6O7/c1-25-34(46)40-18-21-50-29-10-12-30(13-11-29)51-38(15-19-44(20-16-38)23-28-9-5-8-27-14-17-39-33(27)28)37(49)43-31(22-26-6-3-2-4-7-26)35(47)42-32(24-45)36(48)41-25/h2-14,17,25,31-32,39,45H,15-16,18-24H2,1H3,(H,40,46)(H,41,48)(H,42,47)(H,43,49)/t25-,31+,32-/m0/s1. The molecular weight excluding hydrogens is 652 g/mol. The summed E-state index contributed by atoms with van der Waals surface area (Å²) in [5, 5.41) is 22.0. The van der Waals surface area contributed by atoms with Gasteiger partial charge in [0.2, 0.25) is 17.7 Å². The number of rotatable bonds is 5. The van der Waals surface area contributed by atoms with Gasteiger partial charge >= 0.3 is 0 Å². The van der Waals surface area contributed by atoms with Gasteiger partial charge in [0.15, 0.2) is 5.60 Å². The highest BCUT2D eigenvalue weighted by atomic mass is 16.5. The number of aromatic nitrogens is 1. The van der Waals surface area contributed by atoms with E-state index in [0.29, 0.717) is 44.0 Å². The maximum atomic E-state index is 14.5. The molecule has 1 spiro atoms. The normalized spacial score (nSPS) is 22.3. The number of ether oxygens (including phenoxy) is 2. The number of aromatic amines is 1. The Morgan fingerprint density at radius 2 is 1.53 bits per heavy atom. The molecule has 268 valence electrons. The Bertz CT molecular complexity index is 1820. The number of benzene rings is 3. The van der Waals surface area contributed by atoms with Crippen molar-refractivity contribution in [2.24, 2.45) is 0 Å². The van der Waals surface area contributed by atoms with E-state index in [0.717, 1.165) is 22.0 Å². The minimum absolute atomic E-state index is 0.116. The Morgan fingerprint density at radius 3 is 2.27 bits per heavy atom. The van der Waals surface area contributed by atoms with Gasteiger partial charge in [0.1, 0.15) is 36.2 Å². The first-order valence-corrected chi connectivity index (χ1v) is 17.3. The van der Waals surface area contributed by atoms with Crippen molar-refractivity contribution in [3.8, 4) is 11.5 Å². The summed E-state index contributed by atoms with van der Waals surface area (Å²) in [4.78, 5) is 59.6. The number of aliphatic hydroxyl groups excluding tert-OH is 1. The molecule has 7 rings (SSSR count). The van der Waals surface area contributed by atoms with Gasteiger partial charge < -0.3 is 40.8 Å². The topological polar surface area (TPSA) is 174 Å². The second-order valence-electron chi connectivity index (χ2n) is 13.0. The molecule has 4 heterocycles. The molecule has 0 radical (unpaired) electrons. The molecule has 4 amide bonds. The lowest BCUT2D eigenvalue weighted by atomic mass is 9.88. The first kappa shape index (κ1) is 35.4. The third-order valence-electron chi connectivity index (χ3n) is 9.42. The molecule has 13 heteroatoms. The van der Waals surface area contributed by atoms with E-state index in [-0.39, 0.29) is 19.6 Å². The molecule has 6 N–H and O–H groups in total. The monoisotopic (exact) mass is 696 g/mol. The summed E-state index contributed by atoms with van der Waals surface area (Å²) in [7, 11) is 0. The summed E-state index contributed by atoms with van der Waals surface area (Å²) < 4.78 is 12.4. The molecule has 1 aromatic heterocycles. The summed E-state index contributed by atoms with van der Waals surface area (Å²) in [5.74, 6) is -1.33. The van der Waals surface area contributed by atoms with E-state index < -0.39 is 54.0 Å². The number of likely N-dealkylation sites (tertiary alicyclic amines) is 1. The van der Waals surface area contributed by atoms with E-state index in [4.69, 9.17) is 9.47 Å². The molecule has 0 saturated carbocycles. The summed E-state index contributed by atoms with van der Waals surface area (Å²) in [6.45, 7) is 2.92. The molecule has 13 nitrogen and oxygen atoms in total. The van der Waals surface area contributed by atoms with Crippen molar-refractivity contribution in [2.75, 3.05) is 32.8 Å². The zero-order valence-corrected chi connectivity index (χ0v) is 28.5. The number of carbonyl (C=O) groups excluding carboxylic acids is 4. The lowest BCUT2D eigenvalue weighted by molar-refractivity contribution is -0.144. The fourth-order valence-electron chi connectivity index (χ4n) is 6.49. The summed E-state index contributed by atoms with van der Waals surface area (Å²) in [5.41, 5.74) is 1.70. The Morgan fingerprint density at radius 1 is 0.804 bits per heavy atom. The minimum Gasteiger partial charge on any atom is -0.492 e. The van der Waals surface area contributed by atoms with Crippen LogP contribution in [0, 0.1) is 0 Å². The first-order chi connectivity index (χ1) is 24.7. The number of fused-ring (bicyclic) bond motifs is 16. The third-order valence-corrected chi connectivity index (χ3v) is 9.42. The van der Waals surface area contributed by atoms with Crippen molar-refractivity contribution in [2.45, 2.75) is 56.5 Å². The van der Waals surface area contributed by atoms with Crippen LogP contribution in [0.3, 0.4) is 0 Å². The highest BCUT2D eigenvalue weighted by molar-refractivity contribution is 5.95. The Balaban J connectivity index is 1.28. The van der Waals surface area contributed by atoms with E-state index >= 15 is 0 Å². The first-order valence-electron chi connectivity index (χ1n) is 17.3. The highest BCUT2D eigenvalue weighted by Crippen LogP contribution is 2.32. The van der Waals surface area contributed by atoms with Crippen LogP contribution in [0.5, 0.6) is 11.5 Å². The van der Waals surface area contributed by atoms with Crippen molar-refractivity contribution in [1.29, 1.82) is 0 Å². The SMILES string of the molecule is C[C@@H]1NC(=O)[C@H](CO)NC(=O)[C@@H](Cc2ccccc2)NC(=O)C2(CCN(Cc3cccc4cc[nH]c34)CC2)Oc2ccc(cc2)OCCNC1=O. The van der Waals surface area contributed by atoms with Gasteiger partial charge in [-0.25, -0.2) is 0 Å².